The molecule has 0 aromatic heterocycles. The summed E-state index contributed by atoms with van der Waals surface area (Å²) in [5.41, 5.74) is 0. The highest BCUT2D eigenvalue weighted by molar-refractivity contribution is 7.47. The molecule has 1 N–H and O–H groups in total. The molecule has 0 heterocycles. The van der Waals surface area contributed by atoms with E-state index in [1.807, 2.05) is 21.1 Å². The maximum atomic E-state index is 12.8. The van der Waals surface area contributed by atoms with Crippen LogP contribution in [0.15, 0.2) is 134 Å². The molecule has 0 aromatic carbocycles. The average molecular weight is 1130 g/mol. The van der Waals surface area contributed by atoms with Gasteiger partial charge in [0, 0.05) is 12.8 Å². The van der Waals surface area contributed by atoms with Crippen molar-refractivity contribution in [3.63, 3.8) is 0 Å². The van der Waals surface area contributed by atoms with Gasteiger partial charge in [-0.3, -0.25) is 18.6 Å². The third kappa shape index (κ3) is 63.3. The number of carbonyl (C=O) groups excluding carboxylic acids is 2. The second-order valence-electron chi connectivity index (χ2n) is 22.0. The number of rotatable bonds is 57. The fourth-order valence-electron chi connectivity index (χ4n) is 8.34. The van der Waals surface area contributed by atoms with Gasteiger partial charge in [-0.1, -0.05) is 257 Å². The van der Waals surface area contributed by atoms with Crippen molar-refractivity contribution in [3.05, 3.63) is 134 Å². The van der Waals surface area contributed by atoms with Crippen LogP contribution in [0.3, 0.4) is 0 Å². The fourth-order valence-corrected chi connectivity index (χ4v) is 9.08. The van der Waals surface area contributed by atoms with E-state index in [4.69, 9.17) is 18.5 Å². The lowest BCUT2D eigenvalue weighted by Crippen LogP contribution is -2.37. The summed E-state index contributed by atoms with van der Waals surface area (Å²) in [5.74, 6) is -0.839. The molecule has 2 atom stereocenters. The van der Waals surface area contributed by atoms with Gasteiger partial charge in [0.25, 0.3) is 0 Å². The Morgan fingerprint density at radius 3 is 1.01 bits per heavy atom. The molecule has 0 aliphatic rings. The van der Waals surface area contributed by atoms with Gasteiger partial charge in [0.05, 0.1) is 27.7 Å². The Morgan fingerprint density at radius 1 is 0.388 bits per heavy atom. The van der Waals surface area contributed by atoms with E-state index in [9.17, 15) is 19.0 Å². The van der Waals surface area contributed by atoms with Crippen molar-refractivity contribution in [3.8, 4) is 0 Å². The first-order valence-electron chi connectivity index (χ1n) is 31.9. The van der Waals surface area contributed by atoms with Crippen molar-refractivity contribution >= 4 is 19.8 Å². The molecule has 80 heavy (non-hydrogen) atoms. The third-order valence-electron chi connectivity index (χ3n) is 13.2. The predicted molar refractivity (Wildman–Crippen MR) is 344 cm³/mol. The van der Waals surface area contributed by atoms with Gasteiger partial charge in [-0.05, 0) is 109 Å². The van der Waals surface area contributed by atoms with Crippen molar-refractivity contribution in [2.45, 2.75) is 251 Å². The molecule has 0 aliphatic heterocycles. The number of carbonyl (C=O) groups is 2. The normalized spacial score (nSPS) is 14.1. The molecule has 0 aromatic rings. The topological polar surface area (TPSA) is 108 Å². The van der Waals surface area contributed by atoms with E-state index < -0.39 is 26.5 Å². The molecule has 0 saturated carbocycles. The minimum atomic E-state index is -4.41. The second kappa shape index (κ2) is 59.8. The summed E-state index contributed by atoms with van der Waals surface area (Å²) in [6.07, 6.45) is 86.8. The lowest BCUT2D eigenvalue weighted by atomic mass is 10.0. The van der Waals surface area contributed by atoms with Crippen LogP contribution in [0.1, 0.15) is 245 Å². The third-order valence-corrected chi connectivity index (χ3v) is 14.2. The molecule has 9 nitrogen and oxygen atoms in total. The largest absolute Gasteiger partial charge is 0.472 e. The Labute approximate surface area is 491 Å². The van der Waals surface area contributed by atoms with Crippen molar-refractivity contribution in [1.29, 1.82) is 0 Å². The van der Waals surface area contributed by atoms with E-state index in [0.29, 0.717) is 17.4 Å². The molecule has 0 fully saturated rings. The number of hydrogen-bond acceptors (Lipinski definition) is 7. The summed E-state index contributed by atoms with van der Waals surface area (Å²) in [7, 11) is 1.44. The first-order chi connectivity index (χ1) is 39.0. The maximum Gasteiger partial charge on any atom is 0.472 e. The Kier molecular flexibility index (Phi) is 56.9. The zero-order valence-electron chi connectivity index (χ0n) is 51.8. The zero-order valence-corrected chi connectivity index (χ0v) is 52.7. The van der Waals surface area contributed by atoms with Gasteiger partial charge in [0.1, 0.15) is 19.8 Å². The number of ether oxygens (including phenoxy) is 2. The monoisotopic (exact) mass is 1130 g/mol. The van der Waals surface area contributed by atoms with Crippen LogP contribution in [-0.2, 0) is 32.7 Å². The Hall–Kier alpha value is -3.85. The van der Waals surface area contributed by atoms with Crippen molar-refractivity contribution in [2.75, 3.05) is 47.5 Å². The quantitative estimate of drug-likeness (QED) is 0.0211. The van der Waals surface area contributed by atoms with Gasteiger partial charge in [-0.15, -0.1) is 0 Å². The highest BCUT2D eigenvalue weighted by Crippen LogP contribution is 2.43. The van der Waals surface area contributed by atoms with Gasteiger partial charge in [-0.2, -0.15) is 0 Å². The number of esters is 2. The molecule has 0 amide bonds. The van der Waals surface area contributed by atoms with Crippen LogP contribution < -0.4 is 0 Å². The molecule has 456 valence electrons. The van der Waals surface area contributed by atoms with Crippen LogP contribution in [0.25, 0.3) is 0 Å². The first kappa shape index (κ1) is 76.1. The van der Waals surface area contributed by atoms with Gasteiger partial charge in [0.15, 0.2) is 6.10 Å². The van der Waals surface area contributed by atoms with E-state index in [2.05, 4.69) is 148 Å². The van der Waals surface area contributed by atoms with Gasteiger partial charge in [-0.25, -0.2) is 4.57 Å². The van der Waals surface area contributed by atoms with E-state index in [-0.39, 0.29) is 32.0 Å². The highest BCUT2D eigenvalue weighted by atomic mass is 31.2. The second-order valence-corrected chi connectivity index (χ2v) is 23.5. The smallest absolute Gasteiger partial charge is 0.462 e. The van der Waals surface area contributed by atoms with E-state index in [1.165, 1.54) is 103 Å². The highest BCUT2D eigenvalue weighted by Gasteiger charge is 2.27. The molecule has 0 aliphatic carbocycles. The number of quaternary nitrogens is 1. The SMILES string of the molecule is CC/C=C\C/C=C\C/C=C\C/C=C\C/C=C\C/C=C\C/C=C\CCCCCC(=O)OC(COC(=O)CCCCCCCCCCCCCCCCCCCC/C=C\C/C=C\C/C=C\C/C=C\CC)COP(=O)(O)OCC[N+](C)(C)C. The number of phosphoric ester groups is 1. The van der Waals surface area contributed by atoms with Crippen LogP contribution in [0.4, 0.5) is 0 Å². The molecule has 0 spiro atoms. The lowest BCUT2D eigenvalue weighted by molar-refractivity contribution is -0.870. The van der Waals surface area contributed by atoms with Crippen LogP contribution in [0.2, 0.25) is 0 Å². The number of unbranched alkanes of at least 4 members (excludes halogenated alkanes) is 21. The Morgan fingerprint density at radius 2 is 0.675 bits per heavy atom. The standard InChI is InChI=1S/C70H118NO8P/c1-6-8-10-12-14-16-18-20-22-24-26-28-30-32-33-34-35-36-37-39-40-42-44-46-48-50-52-54-56-58-60-62-69(72)76-66-68(67-78-80(74,75)77-65-64-71(3,4)5)79-70(73)63-61-59-57-55-53-51-49-47-45-43-41-38-31-29-27-25-23-21-19-17-15-13-11-9-7-2/h8-11,14-17,20-23,26-29,38,41,45,47,51,53,68H,6-7,12-13,18-19,24-25,30-37,39-40,42-44,46,48-50,52,54-67H2,1-5H3/p+1/b10-8-,11-9-,16-14-,17-15-,22-20-,23-21-,28-26-,29-27-,41-38-,47-45-,53-51-. The Bertz CT molecular complexity index is 1810. The summed E-state index contributed by atoms with van der Waals surface area (Å²) < 4.78 is 34.6. The zero-order chi connectivity index (χ0) is 58.4. The molecular formula is C70H119NO8P+. The van der Waals surface area contributed by atoms with E-state index in [1.54, 1.807) is 0 Å². The molecule has 0 radical (unpaired) electrons. The molecule has 10 heteroatoms. The van der Waals surface area contributed by atoms with Crippen LogP contribution >= 0.6 is 7.82 Å². The van der Waals surface area contributed by atoms with Crippen LogP contribution in [-0.4, -0.2) is 74.9 Å². The fraction of sp³-hybridized carbons (Fsp3) is 0.657. The Balaban J connectivity index is 4.16. The van der Waals surface area contributed by atoms with Crippen LogP contribution in [0, 0.1) is 0 Å². The first-order valence-corrected chi connectivity index (χ1v) is 33.4. The molecule has 0 rings (SSSR count). The van der Waals surface area contributed by atoms with E-state index in [0.717, 1.165) is 109 Å². The molecule has 2 unspecified atom stereocenters. The predicted octanol–water partition coefficient (Wildman–Crippen LogP) is 20.5. The summed E-state index contributed by atoms with van der Waals surface area (Å²) >= 11 is 0. The number of nitrogens with zero attached hydrogens (tertiary/aromatic N) is 1. The van der Waals surface area contributed by atoms with E-state index >= 15 is 0 Å². The van der Waals surface area contributed by atoms with Gasteiger partial charge >= 0.3 is 19.8 Å². The average Bonchev–Trinajstić information content (AvgIpc) is 3.42. The van der Waals surface area contributed by atoms with Gasteiger partial charge in [0.2, 0.25) is 0 Å². The summed E-state index contributed by atoms with van der Waals surface area (Å²) in [5, 5.41) is 0. The van der Waals surface area contributed by atoms with Crippen molar-refractivity contribution < 1.29 is 42.1 Å². The minimum Gasteiger partial charge on any atom is -0.462 e. The van der Waals surface area contributed by atoms with Crippen molar-refractivity contribution in [2.24, 2.45) is 0 Å². The molecule has 0 bridgehead atoms. The number of hydrogen-bond donors (Lipinski definition) is 1. The maximum absolute atomic E-state index is 12.8. The summed E-state index contributed by atoms with van der Waals surface area (Å²) in [6, 6.07) is 0. The summed E-state index contributed by atoms with van der Waals surface area (Å²) in [6.45, 7) is 4.17. The molecular weight excluding hydrogens is 1010 g/mol. The lowest BCUT2D eigenvalue weighted by Gasteiger charge is -2.24. The number of allylic oxidation sites excluding steroid dienone is 22. The van der Waals surface area contributed by atoms with Crippen LogP contribution in [0.5, 0.6) is 0 Å². The summed E-state index contributed by atoms with van der Waals surface area (Å²) in [4.78, 5) is 35.8. The molecule has 0 saturated heterocycles. The number of likely N-dealkylation sites (N-methyl/N-ethyl adjacent to an activating group) is 1. The number of phosphoric acid groups is 1. The van der Waals surface area contributed by atoms with Gasteiger partial charge < -0.3 is 18.9 Å². The minimum absolute atomic E-state index is 0.0186. The van der Waals surface area contributed by atoms with Crippen molar-refractivity contribution in [1.82, 2.24) is 0 Å².